The molecule has 1 aliphatic heterocycles. The molecule has 1 aliphatic rings. The second-order valence-corrected chi connectivity index (χ2v) is 5.00. The van der Waals surface area contributed by atoms with Crippen molar-refractivity contribution in [1.29, 1.82) is 0 Å². The molecular weight excluding hydrogens is 200 g/mol. The van der Waals surface area contributed by atoms with Crippen molar-refractivity contribution in [3.8, 4) is 0 Å². The van der Waals surface area contributed by atoms with E-state index in [0.717, 1.165) is 6.42 Å². The Morgan fingerprint density at radius 3 is 2.67 bits per heavy atom. The lowest BCUT2D eigenvalue weighted by atomic mass is 10.0. The summed E-state index contributed by atoms with van der Waals surface area (Å²) >= 11 is 1.91. The molecule has 2 aromatic rings. The van der Waals surface area contributed by atoms with E-state index in [1.165, 1.54) is 26.5 Å². The van der Waals surface area contributed by atoms with Crippen LogP contribution >= 0.6 is 11.8 Å². The van der Waals surface area contributed by atoms with E-state index < -0.39 is 0 Å². The van der Waals surface area contributed by atoms with Gasteiger partial charge < -0.3 is 0 Å². The van der Waals surface area contributed by atoms with Gasteiger partial charge in [-0.2, -0.15) is 0 Å². The van der Waals surface area contributed by atoms with Crippen LogP contribution in [0.4, 0.5) is 0 Å². The Hall–Kier alpha value is -1.21. The third-order valence-corrected chi connectivity index (χ3v) is 4.27. The summed E-state index contributed by atoms with van der Waals surface area (Å²) in [5.41, 5.74) is 4.33. The van der Waals surface area contributed by atoms with Crippen LogP contribution < -0.4 is 0 Å². The zero-order valence-corrected chi connectivity index (χ0v) is 9.47. The van der Waals surface area contributed by atoms with Crippen LogP contribution in [0.2, 0.25) is 0 Å². The van der Waals surface area contributed by atoms with E-state index in [0.29, 0.717) is 0 Å². The van der Waals surface area contributed by atoms with Gasteiger partial charge in [-0.25, -0.2) is 0 Å². The zero-order chi connectivity index (χ0) is 10.3. The first-order valence-corrected chi connectivity index (χ1v) is 6.00. The van der Waals surface area contributed by atoms with Gasteiger partial charge in [-0.05, 0) is 36.1 Å². The Labute approximate surface area is 94.3 Å². The minimum Gasteiger partial charge on any atom is -0.0892 e. The van der Waals surface area contributed by atoms with Crippen LogP contribution in [0.3, 0.4) is 0 Å². The van der Waals surface area contributed by atoms with Crippen molar-refractivity contribution in [2.45, 2.75) is 23.1 Å². The van der Waals surface area contributed by atoms with Crippen molar-refractivity contribution in [1.82, 2.24) is 0 Å². The zero-order valence-electron chi connectivity index (χ0n) is 8.66. The molecule has 2 aromatic carbocycles. The predicted molar refractivity (Wildman–Crippen MR) is 64.6 cm³/mol. The maximum atomic E-state index is 2.24. The molecule has 15 heavy (non-hydrogen) atoms. The first-order valence-electron chi connectivity index (χ1n) is 5.19. The van der Waals surface area contributed by atoms with Crippen LogP contribution in [-0.2, 0) is 6.42 Å². The highest BCUT2D eigenvalue weighted by Gasteiger charge is 2.16. The molecule has 0 aromatic heterocycles. The van der Waals surface area contributed by atoms with Gasteiger partial charge in [-0.3, -0.25) is 0 Å². The lowest BCUT2D eigenvalue weighted by Crippen LogP contribution is -2.00. The summed E-state index contributed by atoms with van der Waals surface area (Å²) in [6.45, 7) is 2.19. The Morgan fingerprint density at radius 1 is 0.933 bits per heavy atom. The molecule has 0 aliphatic carbocycles. The van der Waals surface area contributed by atoms with Crippen molar-refractivity contribution in [2.75, 3.05) is 0 Å². The molecule has 0 saturated heterocycles. The molecule has 0 bridgehead atoms. The van der Waals surface area contributed by atoms with Crippen LogP contribution in [0.25, 0.3) is 0 Å². The fourth-order valence-electron chi connectivity index (χ4n) is 2.06. The number of hydrogen-bond donors (Lipinski definition) is 0. The van der Waals surface area contributed by atoms with Crippen molar-refractivity contribution in [2.24, 2.45) is 0 Å². The maximum absolute atomic E-state index is 2.24. The summed E-state index contributed by atoms with van der Waals surface area (Å²) in [7, 11) is 0. The molecule has 1 heteroatoms. The minimum absolute atomic E-state index is 1.08. The van der Waals surface area contributed by atoms with Crippen molar-refractivity contribution >= 4 is 11.8 Å². The van der Waals surface area contributed by atoms with Crippen LogP contribution in [0.5, 0.6) is 0 Å². The third-order valence-electron chi connectivity index (χ3n) is 2.86. The fraction of sp³-hybridized carbons (Fsp3) is 0.143. The van der Waals surface area contributed by atoms with Crippen molar-refractivity contribution < 1.29 is 0 Å². The molecule has 0 unspecified atom stereocenters. The number of benzene rings is 2. The molecular formula is C14H12S. The van der Waals surface area contributed by atoms with E-state index in [4.69, 9.17) is 0 Å². The second kappa shape index (κ2) is 3.42. The third kappa shape index (κ3) is 1.47. The van der Waals surface area contributed by atoms with E-state index in [2.05, 4.69) is 49.4 Å². The van der Waals surface area contributed by atoms with Gasteiger partial charge >= 0.3 is 0 Å². The first kappa shape index (κ1) is 9.05. The molecule has 0 fully saturated rings. The van der Waals surface area contributed by atoms with Gasteiger partial charge in [0.05, 0.1) is 0 Å². The maximum Gasteiger partial charge on any atom is 0.0187 e. The number of fused-ring (bicyclic) bond motifs is 2. The van der Waals surface area contributed by atoms with Gasteiger partial charge in [0.1, 0.15) is 0 Å². The second-order valence-electron chi connectivity index (χ2n) is 3.95. The highest BCUT2D eigenvalue weighted by Crippen LogP contribution is 2.40. The van der Waals surface area contributed by atoms with E-state index in [1.807, 2.05) is 11.8 Å². The Bertz CT molecular complexity index is 514. The fourth-order valence-corrected chi connectivity index (χ4v) is 3.20. The normalized spacial score (nSPS) is 13.1. The van der Waals surface area contributed by atoms with Gasteiger partial charge in [0.25, 0.3) is 0 Å². The largest absolute Gasteiger partial charge is 0.0892 e. The molecule has 0 nitrogen and oxygen atoms in total. The van der Waals surface area contributed by atoms with Gasteiger partial charge in [-0.1, -0.05) is 48.2 Å². The van der Waals surface area contributed by atoms with E-state index in [-0.39, 0.29) is 0 Å². The van der Waals surface area contributed by atoms with Gasteiger partial charge in [0, 0.05) is 9.79 Å². The molecule has 74 valence electrons. The number of hydrogen-bond acceptors (Lipinski definition) is 1. The van der Waals surface area contributed by atoms with Gasteiger partial charge in [0.2, 0.25) is 0 Å². The summed E-state index contributed by atoms with van der Waals surface area (Å²) in [4.78, 5) is 2.87. The van der Waals surface area contributed by atoms with E-state index in [1.54, 1.807) is 0 Å². The number of aryl methyl sites for hydroxylation is 1. The van der Waals surface area contributed by atoms with Gasteiger partial charge in [-0.15, -0.1) is 0 Å². The lowest BCUT2D eigenvalue weighted by Gasteiger charge is -2.20. The van der Waals surface area contributed by atoms with Crippen LogP contribution in [0.1, 0.15) is 16.7 Å². The average Bonchev–Trinajstić information content (AvgIpc) is 2.27. The molecule has 0 amide bonds. The smallest absolute Gasteiger partial charge is 0.0187 e. The SMILES string of the molecule is Cc1cccc2c1Sc1ccccc1C2. The highest BCUT2D eigenvalue weighted by atomic mass is 32.2. The molecule has 0 N–H and O–H groups in total. The summed E-state index contributed by atoms with van der Waals surface area (Å²) < 4.78 is 0. The molecule has 3 rings (SSSR count). The topological polar surface area (TPSA) is 0 Å². The Morgan fingerprint density at radius 2 is 1.73 bits per heavy atom. The summed E-state index contributed by atoms with van der Waals surface area (Å²) in [5, 5.41) is 0. The molecule has 0 spiro atoms. The predicted octanol–water partition coefficient (Wildman–Crippen LogP) is 4.05. The standard InChI is InChI=1S/C14H12S/c1-10-5-4-7-12-9-11-6-2-3-8-13(11)15-14(10)12/h2-8H,9H2,1H3. The van der Waals surface area contributed by atoms with Crippen molar-refractivity contribution in [3.05, 3.63) is 59.2 Å². The number of rotatable bonds is 0. The average molecular weight is 212 g/mol. The van der Waals surface area contributed by atoms with Crippen LogP contribution in [-0.4, -0.2) is 0 Å². The molecule has 1 heterocycles. The summed E-state index contributed by atoms with van der Waals surface area (Å²) in [6.07, 6.45) is 1.08. The first-order chi connectivity index (χ1) is 7.34. The van der Waals surface area contributed by atoms with Crippen LogP contribution in [0, 0.1) is 6.92 Å². The minimum atomic E-state index is 1.08. The molecule has 0 atom stereocenters. The summed E-state index contributed by atoms with van der Waals surface area (Å²) in [5.74, 6) is 0. The molecule has 0 radical (unpaired) electrons. The van der Waals surface area contributed by atoms with Crippen LogP contribution in [0.15, 0.2) is 52.3 Å². The summed E-state index contributed by atoms with van der Waals surface area (Å²) in [6, 6.07) is 15.3. The molecule has 0 saturated carbocycles. The van der Waals surface area contributed by atoms with Crippen molar-refractivity contribution in [3.63, 3.8) is 0 Å². The quantitative estimate of drug-likeness (QED) is 0.541. The van der Waals surface area contributed by atoms with Gasteiger partial charge in [0.15, 0.2) is 0 Å². The Kier molecular flexibility index (Phi) is 2.06. The Balaban J connectivity index is 2.15. The lowest BCUT2D eigenvalue weighted by molar-refractivity contribution is 1.04. The monoisotopic (exact) mass is 212 g/mol. The van der Waals surface area contributed by atoms with E-state index >= 15 is 0 Å². The highest BCUT2D eigenvalue weighted by molar-refractivity contribution is 7.99. The van der Waals surface area contributed by atoms with E-state index in [9.17, 15) is 0 Å².